The van der Waals surface area contributed by atoms with E-state index in [1.165, 1.54) is 33.8 Å². The molecule has 0 aliphatic carbocycles. The number of nitrogens with one attached hydrogen (secondary N) is 1. The van der Waals surface area contributed by atoms with Gasteiger partial charge in [0.1, 0.15) is 0 Å². The molecular formula is C25H29N5O3S2. The van der Waals surface area contributed by atoms with Gasteiger partial charge < -0.3 is 5.32 Å². The van der Waals surface area contributed by atoms with Crippen LogP contribution in [0.2, 0.25) is 0 Å². The van der Waals surface area contributed by atoms with Crippen molar-refractivity contribution in [2.75, 3.05) is 24.2 Å². The van der Waals surface area contributed by atoms with Crippen molar-refractivity contribution in [2.45, 2.75) is 44.7 Å². The normalized spacial score (nSPS) is 12.1. The van der Waals surface area contributed by atoms with E-state index >= 15 is 0 Å². The Labute approximate surface area is 209 Å². The lowest BCUT2D eigenvalue weighted by Crippen LogP contribution is -2.30. The van der Waals surface area contributed by atoms with Gasteiger partial charge in [-0.3, -0.25) is 9.20 Å². The summed E-state index contributed by atoms with van der Waals surface area (Å²) in [5, 5.41) is 13.3. The van der Waals surface area contributed by atoms with Crippen LogP contribution in [-0.4, -0.2) is 52.1 Å². The van der Waals surface area contributed by atoms with Crippen molar-refractivity contribution in [1.29, 1.82) is 0 Å². The molecule has 2 heterocycles. The number of rotatable bonds is 8. The molecule has 2 aromatic carbocycles. The summed E-state index contributed by atoms with van der Waals surface area (Å²) in [4.78, 5) is 12.8. The molecule has 0 bridgehead atoms. The van der Waals surface area contributed by atoms with Crippen LogP contribution in [0.15, 0.2) is 52.5 Å². The van der Waals surface area contributed by atoms with Gasteiger partial charge in [0.05, 0.1) is 16.2 Å². The maximum absolute atomic E-state index is 12.6. The van der Waals surface area contributed by atoms with E-state index in [-0.39, 0.29) is 16.6 Å². The first-order valence-corrected chi connectivity index (χ1v) is 13.9. The van der Waals surface area contributed by atoms with Gasteiger partial charge in [0.2, 0.25) is 15.9 Å². The van der Waals surface area contributed by atoms with Gasteiger partial charge in [-0.05, 0) is 68.3 Å². The molecule has 10 heteroatoms. The zero-order valence-electron chi connectivity index (χ0n) is 20.5. The van der Waals surface area contributed by atoms with E-state index in [0.717, 1.165) is 27.7 Å². The monoisotopic (exact) mass is 511 g/mol. The Bertz CT molecular complexity index is 1510. The molecule has 0 aliphatic heterocycles. The first kappa shape index (κ1) is 25.2. The average molecular weight is 512 g/mol. The van der Waals surface area contributed by atoms with Gasteiger partial charge in [-0.15, -0.1) is 10.2 Å². The molecule has 4 rings (SSSR count). The molecule has 0 unspecified atom stereocenters. The lowest BCUT2D eigenvalue weighted by atomic mass is 10.0. The Morgan fingerprint density at radius 3 is 2.34 bits per heavy atom. The highest BCUT2D eigenvalue weighted by molar-refractivity contribution is 7.99. The van der Waals surface area contributed by atoms with Gasteiger partial charge >= 0.3 is 0 Å². The molecule has 2 aromatic heterocycles. The minimum Gasteiger partial charge on any atom is -0.325 e. The number of thioether (sulfide) groups is 1. The quantitative estimate of drug-likeness (QED) is 0.348. The predicted molar refractivity (Wildman–Crippen MR) is 141 cm³/mol. The fourth-order valence-corrected chi connectivity index (χ4v) is 6.46. The molecule has 1 N–H and O–H groups in total. The maximum atomic E-state index is 12.6. The van der Waals surface area contributed by atoms with Crippen LogP contribution in [0, 0.1) is 20.8 Å². The summed E-state index contributed by atoms with van der Waals surface area (Å²) in [5.41, 5.74) is 5.77. The minimum atomic E-state index is -3.54. The lowest BCUT2D eigenvalue weighted by molar-refractivity contribution is -0.113. The number of carbonyl (C=O) groups excluding carboxylic acids is 1. The number of sulfonamides is 1. The molecule has 0 spiro atoms. The van der Waals surface area contributed by atoms with Crippen molar-refractivity contribution >= 4 is 49.9 Å². The van der Waals surface area contributed by atoms with Crippen molar-refractivity contribution < 1.29 is 13.2 Å². The molecule has 0 fully saturated rings. The summed E-state index contributed by atoms with van der Waals surface area (Å²) >= 11 is 1.31. The van der Waals surface area contributed by atoms with Crippen molar-refractivity contribution in [3.63, 3.8) is 0 Å². The number of amides is 1. The van der Waals surface area contributed by atoms with Crippen LogP contribution in [0.3, 0.4) is 0 Å². The Morgan fingerprint density at radius 1 is 1.00 bits per heavy atom. The van der Waals surface area contributed by atoms with E-state index in [2.05, 4.69) is 48.4 Å². The van der Waals surface area contributed by atoms with Crippen LogP contribution in [-0.2, 0) is 14.8 Å². The topological polar surface area (TPSA) is 96.7 Å². The van der Waals surface area contributed by atoms with Crippen LogP contribution in [0.25, 0.3) is 16.6 Å². The molecule has 0 saturated heterocycles. The highest BCUT2D eigenvalue weighted by Crippen LogP contribution is 2.29. The summed E-state index contributed by atoms with van der Waals surface area (Å²) in [5.74, 6) is -0.0734. The first-order chi connectivity index (χ1) is 16.6. The van der Waals surface area contributed by atoms with E-state index in [1.54, 1.807) is 26.0 Å². The fraction of sp³-hybridized carbons (Fsp3) is 0.320. The van der Waals surface area contributed by atoms with Crippen molar-refractivity contribution in [1.82, 2.24) is 18.9 Å². The number of fused-ring (bicyclic) bond motifs is 3. The molecular weight excluding hydrogens is 482 g/mol. The number of pyridine rings is 1. The summed E-state index contributed by atoms with van der Waals surface area (Å²) in [6, 6.07) is 12.5. The molecule has 184 valence electrons. The van der Waals surface area contributed by atoms with Crippen molar-refractivity contribution in [3.8, 4) is 0 Å². The summed E-state index contributed by atoms with van der Waals surface area (Å²) in [6.07, 6.45) is 0. The highest BCUT2D eigenvalue weighted by atomic mass is 32.2. The molecule has 0 aliphatic rings. The van der Waals surface area contributed by atoms with Crippen LogP contribution < -0.4 is 5.32 Å². The Balaban J connectivity index is 1.51. The minimum absolute atomic E-state index is 0.139. The van der Waals surface area contributed by atoms with E-state index < -0.39 is 10.0 Å². The van der Waals surface area contributed by atoms with Crippen LogP contribution in [0.1, 0.15) is 30.5 Å². The van der Waals surface area contributed by atoms with Crippen LogP contribution in [0.5, 0.6) is 0 Å². The van der Waals surface area contributed by atoms with Gasteiger partial charge in [-0.1, -0.05) is 37.2 Å². The number of carbonyl (C=O) groups is 1. The number of aromatic nitrogens is 3. The van der Waals surface area contributed by atoms with Gasteiger partial charge in [0, 0.05) is 24.2 Å². The van der Waals surface area contributed by atoms with Crippen molar-refractivity contribution in [2.24, 2.45) is 0 Å². The SMILES string of the molecule is CCN(CC)S(=O)(=O)c1ccc(NC(=O)CSc2nnc3cc(C)c4cc(C)cc(C)c4n23)cc1. The zero-order chi connectivity index (χ0) is 25.3. The molecule has 8 nitrogen and oxygen atoms in total. The van der Waals surface area contributed by atoms with Crippen molar-refractivity contribution in [3.05, 3.63) is 59.2 Å². The maximum Gasteiger partial charge on any atom is 0.243 e. The summed E-state index contributed by atoms with van der Waals surface area (Å²) < 4.78 is 28.7. The van der Waals surface area contributed by atoms with Gasteiger partial charge in [-0.25, -0.2) is 8.42 Å². The Kier molecular flexibility index (Phi) is 7.16. The molecule has 0 saturated carbocycles. The van der Waals surface area contributed by atoms with Crippen LogP contribution >= 0.6 is 11.8 Å². The number of nitrogens with zero attached hydrogens (tertiary/aromatic N) is 4. The second-order valence-electron chi connectivity index (χ2n) is 8.43. The Hall–Kier alpha value is -2.95. The molecule has 35 heavy (non-hydrogen) atoms. The highest BCUT2D eigenvalue weighted by Gasteiger charge is 2.21. The van der Waals surface area contributed by atoms with E-state index in [1.807, 2.05) is 10.5 Å². The molecule has 4 aromatic rings. The number of hydrogen-bond acceptors (Lipinski definition) is 6. The van der Waals surface area contributed by atoms with Gasteiger partial charge in [-0.2, -0.15) is 4.31 Å². The zero-order valence-corrected chi connectivity index (χ0v) is 22.1. The first-order valence-electron chi connectivity index (χ1n) is 11.4. The third kappa shape index (κ3) is 4.91. The second kappa shape index (κ2) is 9.96. The van der Waals surface area contributed by atoms with Crippen LogP contribution in [0.4, 0.5) is 5.69 Å². The largest absolute Gasteiger partial charge is 0.325 e. The predicted octanol–water partition coefficient (Wildman–Crippen LogP) is 4.57. The van der Waals surface area contributed by atoms with Gasteiger partial charge in [0.15, 0.2) is 10.8 Å². The molecule has 1 amide bonds. The standard InChI is InChI=1S/C25H29N5O3S2/c1-6-29(7-2)35(32,33)20-10-8-19(9-11-20)26-23(31)15-34-25-28-27-22-14-17(4)21-13-16(3)12-18(5)24(21)30(22)25/h8-14H,6-7,15H2,1-5H3,(H,26,31). The lowest BCUT2D eigenvalue weighted by Gasteiger charge is -2.18. The summed E-state index contributed by atoms with van der Waals surface area (Å²) in [7, 11) is -3.54. The smallest absolute Gasteiger partial charge is 0.243 e. The molecule has 0 radical (unpaired) electrons. The third-order valence-electron chi connectivity index (χ3n) is 5.91. The fourth-order valence-electron chi connectivity index (χ4n) is 4.26. The molecule has 0 atom stereocenters. The van der Waals surface area contributed by atoms with Gasteiger partial charge in [0.25, 0.3) is 0 Å². The number of benzene rings is 2. The second-order valence-corrected chi connectivity index (χ2v) is 11.3. The number of anilines is 1. The summed E-state index contributed by atoms with van der Waals surface area (Å²) in [6.45, 7) is 10.6. The average Bonchev–Trinajstić information content (AvgIpc) is 3.21. The Morgan fingerprint density at radius 2 is 1.69 bits per heavy atom. The van der Waals surface area contributed by atoms with E-state index in [4.69, 9.17) is 0 Å². The van der Waals surface area contributed by atoms with E-state index in [9.17, 15) is 13.2 Å². The van der Waals surface area contributed by atoms with E-state index in [0.29, 0.717) is 23.9 Å². The number of hydrogen-bond donors (Lipinski definition) is 1. The third-order valence-corrected chi connectivity index (χ3v) is 8.90. The number of aryl methyl sites for hydroxylation is 3.